The second-order valence-electron chi connectivity index (χ2n) is 14.1. The Labute approximate surface area is 292 Å². The maximum absolute atomic E-state index is 6.77. The number of para-hydroxylation sites is 2. The summed E-state index contributed by atoms with van der Waals surface area (Å²) < 4.78 is 19.8. The normalized spacial score (nSPS) is 17.3. The van der Waals surface area contributed by atoms with Crippen molar-refractivity contribution in [2.45, 2.75) is 194 Å². The maximum Gasteiger partial charge on any atom is 0.163 e. The number of nitrogens with zero attached hydrogens (tertiary/aromatic N) is 2. The van der Waals surface area contributed by atoms with Crippen LogP contribution in [0.4, 0.5) is 0 Å². The van der Waals surface area contributed by atoms with E-state index in [4.69, 9.17) is 14.2 Å². The number of hydrogen-bond donors (Lipinski definition) is 0. The molecule has 1 aliphatic heterocycles. The molecule has 0 saturated carbocycles. The highest BCUT2D eigenvalue weighted by Gasteiger charge is 2.25. The van der Waals surface area contributed by atoms with Gasteiger partial charge in [-0.1, -0.05) is 168 Å². The summed E-state index contributed by atoms with van der Waals surface area (Å²) in [4.78, 5) is 5.02. The third-order valence-corrected chi connectivity index (χ3v) is 10.1. The smallest absolute Gasteiger partial charge is 0.163 e. The van der Waals surface area contributed by atoms with Gasteiger partial charge in [0.05, 0.1) is 13.2 Å². The standard InChI is InChI=1S/C42H78N2O3/c1-5-9-11-13-15-17-19-21-23-25-29-35-43(7-3)41-33-37-45-38-34-42(47-40-32-28-27-31-39(40)46-41)44(8-4)36-30-26-24-22-20-18-16-14-12-10-6-2/h27-28,31-32,41-42H,5-26,29-30,33-38H2,1-4H3. The van der Waals surface area contributed by atoms with Gasteiger partial charge in [-0.3, -0.25) is 9.80 Å². The van der Waals surface area contributed by atoms with Crippen LogP contribution in [0.1, 0.15) is 182 Å². The minimum Gasteiger partial charge on any atom is -0.471 e. The highest BCUT2D eigenvalue weighted by molar-refractivity contribution is 5.39. The summed E-state index contributed by atoms with van der Waals surface area (Å²) in [6.07, 6.45) is 32.0. The minimum absolute atomic E-state index is 0.00281. The molecule has 2 atom stereocenters. The van der Waals surface area contributed by atoms with E-state index in [1.807, 2.05) is 0 Å². The monoisotopic (exact) mass is 659 g/mol. The zero-order valence-corrected chi connectivity index (χ0v) is 31.8. The van der Waals surface area contributed by atoms with Crippen LogP contribution in [0.5, 0.6) is 11.5 Å². The van der Waals surface area contributed by atoms with Gasteiger partial charge < -0.3 is 14.2 Å². The zero-order chi connectivity index (χ0) is 33.6. The quantitative estimate of drug-likeness (QED) is 0.0837. The Morgan fingerprint density at radius 1 is 0.468 bits per heavy atom. The van der Waals surface area contributed by atoms with Crippen LogP contribution in [-0.2, 0) is 4.74 Å². The van der Waals surface area contributed by atoms with Gasteiger partial charge in [0.15, 0.2) is 24.0 Å². The molecule has 5 nitrogen and oxygen atoms in total. The van der Waals surface area contributed by atoms with E-state index < -0.39 is 0 Å². The van der Waals surface area contributed by atoms with Gasteiger partial charge in [0.25, 0.3) is 0 Å². The van der Waals surface area contributed by atoms with Crippen LogP contribution in [0.2, 0.25) is 0 Å². The molecule has 2 unspecified atom stereocenters. The summed E-state index contributed by atoms with van der Waals surface area (Å²) in [5.74, 6) is 1.74. The first kappa shape index (κ1) is 41.9. The summed E-state index contributed by atoms with van der Waals surface area (Å²) in [5.41, 5.74) is 0. The van der Waals surface area contributed by atoms with E-state index in [1.54, 1.807) is 0 Å². The molecule has 0 N–H and O–H groups in total. The van der Waals surface area contributed by atoms with Crippen LogP contribution in [0, 0.1) is 0 Å². The topological polar surface area (TPSA) is 34.2 Å². The van der Waals surface area contributed by atoms with Crippen LogP contribution in [-0.4, -0.2) is 61.6 Å². The molecule has 0 spiro atoms. The van der Waals surface area contributed by atoms with Crippen LogP contribution in [0.15, 0.2) is 24.3 Å². The second-order valence-corrected chi connectivity index (χ2v) is 14.1. The van der Waals surface area contributed by atoms with E-state index in [2.05, 4.69) is 61.8 Å². The molecule has 1 heterocycles. The highest BCUT2D eigenvalue weighted by atomic mass is 16.6. The predicted molar refractivity (Wildman–Crippen MR) is 203 cm³/mol. The van der Waals surface area contributed by atoms with Gasteiger partial charge in [0.1, 0.15) is 0 Å². The number of hydrogen-bond acceptors (Lipinski definition) is 5. The molecule has 1 aromatic rings. The van der Waals surface area contributed by atoms with Crippen molar-refractivity contribution in [3.8, 4) is 11.5 Å². The first-order valence-corrected chi connectivity index (χ1v) is 20.7. The Morgan fingerprint density at radius 2 is 0.787 bits per heavy atom. The Hall–Kier alpha value is -1.30. The fraction of sp³-hybridized carbons (Fsp3) is 0.857. The van der Waals surface area contributed by atoms with Gasteiger partial charge in [-0.05, 0) is 38.1 Å². The van der Waals surface area contributed by atoms with E-state index in [-0.39, 0.29) is 12.5 Å². The molecule has 274 valence electrons. The van der Waals surface area contributed by atoms with Crippen LogP contribution in [0.3, 0.4) is 0 Å². The first-order valence-electron chi connectivity index (χ1n) is 20.7. The fourth-order valence-electron chi connectivity index (χ4n) is 7.01. The summed E-state index contributed by atoms with van der Waals surface area (Å²) in [6.45, 7) is 14.7. The molecule has 1 aromatic carbocycles. The summed E-state index contributed by atoms with van der Waals surface area (Å²) in [6, 6.07) is 8.34. The minimum atomic E-state index is 0.00281. The molecule has 0 radical (unpaired) electrons. The van der Waals surface area contributed by atoms with Crippen molar-refractivity contribution in [2.24, 2.45) is 0 Å². The van der Waals surface area contributed by atoms with E-state index in [1.165, 1.54) is 141 Å². The van der Waals surface area contributed by atoms with Gasteiger partial charge in [0, 0.05) is 25.9 Å². The molecule has 5 heteroatoms. The third-order valence-electron chi connectivity index (χ3n) is 10.1. The lowest BCUT2D eigenvalue weighted by molar-refractivity contribution is -0.00846. The molecule has 2 rings (SSSR count). The average Bonchev–Trinajstić information content (AvgIpc) is 3.13. The molecular formula is C42H78N2O3. The fourth-order valence-corrected chi connectivity index (χ4v) is 7.01. The molecular weight excluding hydrogens is 580 g/mol. The molecule has 0 fully saturated rings. The number of rotatable bonds is 28. The number of fused-ring (bicyclic) bond motifs is 1. The second kappa shape index (κ2) is 29.6. The van der Waals surface area contributed by atoms with Crippen molar-refractivity contribution < 1.29 is 14.2 Å². The average molecular weight is 659 g/mol. The van der Waals surface area contributed by atoms with Crippen molar-refractivity contribution in [1.29, 1.82) is 0 Å². The highest BCUT2D eigenvalue weighted by Crippen LogP contribution is 2.31. The molecule has 0 aromatic heterocycles. The maximum atomic E-state index is 6.77. The first-order chi connectivity index (χ1) is 23.2. The van der Waals surface area contributed by atoms with Gasteiger partial charge in [-0.2, -0.15) is 0 Å². The van der Waals surface area contributed by atoms with Gasteiger partial charge >= 0.3 is 0 Å². The summed E-state index contributed by atoms with van der Waals surface area (Å²) in [5, 5.41) is 0. The molecule has 0 aliphatic carbocycles. The Kier molecular flexibility index (Phi) is 26.4. The third kappa shape index (κ3) is 20.1. The Morgan fingerprint density at radius 3 is 1.11 bits per heavy atom. The van der Waals surface area contributed by atoms with E-state index in [9.17, 15) is 0 Å². The Balaban J connectivity index is 1.80. The van der Waals surface area contributed by atoms with E-state index >= 15 is 0 Å². The summed E-state index contributed by atoms with van der Waals surface area (Å²) >= 11 is 0. The van der Waals surface area contributed by atoms with Gasteiger partial charge in [-0.15, -0.1) is 0 Å². The van der Waals surface area contributed by atoms with Crippen LogP contribution in [0.25, 0.3) is 0 Å². The largest absolute Gasteiger partial charge is 0.471 e. The van der Waals surface area contributed by atoms with Gasteiger partial charge in [-0.25, -0.2) is 0 Å². The molecule has 0 bridgehead atoms. The SMILES string of the molecule is CCCCCCCCCCCCCN(CC)C1CCOCCC(N(CC)CCCCCCCCCCCCC)Oc2ccccc2O1. The van der Waals surface area contributed by atoms with Crippen molar-refractivity contribution in [1.82, 2.24) is 9.80 Å². The van der Waals surface area contributed by atoms with E-state index in [0.29, 0.717) is 0 Å². The molecule has 47 heavy (non-hydrogen) atoms. The van der Waals surface area contributed by atoms with Crippen LogP contribution >= 0.6 is 0 Å². The summed E-state index contributed by atoms with van der Waals surface area (Å²) in [7, 11) is 0. The van der Waals surface area contributed by atoms with Crippen molar-refractivity contribution in [3.05, 3.63) is 24.3 Å². The van der Waals surface area contributed by atoms with Crippen molar-refractivity contribution in [2.75, 3.05) is 39.4 Å². The lowest BCUT2D eigenvalue weighted by Gasteiger charge is -2.33. The number of ether oxygens (including phenoxy) is 3. The molecule has 0 amide bonds. The van der Waals surface area contributed by atoms with Crippen molar-refractivity contribution in [3.63, 3.8) is 0 Å². The zero-order valence-electron chi connectivity index (χ0n) is 31.8. The number of unbranched alkanes of at least 4 members (excludes halogenated alkanes) is 20. The molecule has 1 aliphatic rings. The predicted octanol–water partition coefficient (Wildman–Crippen LogP) is 12.2. The van der Waals surface area contributed by atoms with Gasteiger partial charge in [0.2, 0.25) is 0 Å². The molecule has 0 saturated heterocycles. The Bertz CT molecular complexity index is 756. The van der Waals surface area contributed by atoms with Crippen molar-refractivity contribution >= 4 is 0 Å². The lowest BCUT2D eigenvalue weighted by Crippen LogP contribution is -2.41. The number of benzene rings is 1. The van der Waals surface area contributed by atoms with Crippen LogP contribution < -0.4 is 9.47 Å². The lowest BCUT2D eigenvalue weighted by atomic mass is 10.1. The van der Waals surface area contributed by atoms with E-state index in [0.717, 1.165) is 63.7 Å².